The number of fused-ring (bicyclic) bond motifs is 2. The molecule has 2 bridgehead atoms. The molecule has 0 aromatic carbocycles. The monoisotopic (exact) mass is 178 g/mol. The molecule has 1 heterocycles. The molecule has 2 rings (SSSR count). The summed E-state index contributed by atoms with van der Waals surface area (Å²) < 4.78 is 10.7. The summed E-state index contributed by atoms with van der Waals surface area (Å²) in [6, 6.07) is 0. The zero-order chi connectivity index (χ0) is 9.31. The molecule has 13 heavy (non-hydrogen) atoms. The molecule has 0 amide bonds. The van der Waals surface area contributed by atoms with Gasteiger partial charge in [-0.15, -0.1) is 0 Å². The van der Waals surface area contributed by atoms with Crippen molar-refractivity contribution >= 4 is 0 Å². The maximum Gasteiger partial charge on any atom is 0.229 e. The maximum absolute atomic E-state index is 5.38. The number of rotatable bonds is 0. The Bertz CT molecular complexity index is 295. The summed E-state index contributed by atoms with van der Waals surface area (Å²) in [5.74, 6) is 2.01. The van der Waals surface area contributed by atoms with Crippen molar-refractivity contribution in [2.24, 2.45) is 5.41 Å². The smallest absolute Gasteiger partial charge is 0.229 e. The summed E-state index contributed by atoms with van der Waals surface area (Å²) in [5.41, 5.74) is 0.0781. The lowest BCUT2D eigenvalue weighted by Crippen LogP contribution is -2.14. The summed E-state index contributed by atoms with van der Waals surface area (Å²) >= 11 is 0. The second kappa shape index (κ2) is 2.95. The molecule has 1 aliphatic carbocycles. The number of hydrogen-bond donors (Lipinski definition) is 0. The Morgan fingerprint density at radius 3 is 2.85 bits per heavy atom. The third-order valence-corrected chi connectivity index (χ3v) is 2.18. The summed E-state index contributed by atoms with van der Waals surface area (Å²) in [4.78, 5) is 0. The quantitative estimate of drug-likeness (QED) is 0.568. The highest BCUT2D eigenvalue weighted by Crippen LogP contribution is 2.29. The van der Waals surface area contributed by atoms with Gasteiger partial charge in [-0.1, -0.05) is 26.0 Å². The van der Waals surface area contributed by atoms with E-state index in [1.54, 1.807) is 0 Å². The molecule has 0 spiro atoms. The zero-order valence-electron chi connectivity index (χ0n) is 8.04. The first-order valence-corrected chi connectivity index (χ1v) is 4.51. The van der Waals surface area contributed by atoms with E-state index in [0.717, 1.165) is 17.9 Å². The Balaban J connectivity index is 2.36. The number of hydrogen-bond acceptors (Lipinski definition) is 2. The van der Waals surface area contributed by atoms with Crippen LogP contribution in [0.3, 0.4) is 0 Å². The van der Waals surface area contributed by atoms with Gasteiger partial charge in [0.1, 0.15) is 11.5 Å². The van der Waals surface area contributed by atoms with Crippen molar-refractivity contribution in [3.8, 4) is 0 Å². The minimum Gasteiger partial charge on any atom is -0.462 e. The van der Waals surface area contributed by atoms with Gasteiger partial charge in [-0.05, 0) is 12.2 Å². The van der Waals surface area contributed by atoms with Gasteiger partial charge in [0.15, 0.2) is 0 Å². The van der Waals surface area contributed by atoms with E-state index >= 15 is 0 Å². The van der Waals surface area contributed by atoms with Crippen molar-refractivity contribution in [3.63, 3.8) is 0 Å². The summed E-state index contributed by atoms with van der Waals surface area (Å²) in [6.45, 7) is 4.67. The van der Waals surface area contributed by atoms with Crippen LogP contribution in [0.2, 0.25) is 0 Å². The third-order valence-electron chi connectivity index (χ3n) is 2.18. The molecule has 0 radical (unpaired) electrons. The predicted octanol–water partition coefficient (Wildman–Crippen LogP) is 2.74. The lowest BCUT2D eigenvalue weighted by atomic mass is 9.90. The first-order valence-electron chi connectivity index (χ1n) is 4.51. The molecular formula is C11H14O2. The molecule has 0 aromatic rings. The van der Waals surface area contributed by atoms with Crippen LogP contribution in [-0.2, 0) is 9.47 Å². The Labute approximate surface area is 78.5 Å². The Kier molecular flexibility index (Phi) is 1.91. The van der Waals surface area contributed by atoms with Gasteiger partial charge in [0, 0.05) is 5.41 Å². The Morgan fingerprint density at radius 2 is 2.00 bits per heavy atom. The van der Waals surface area contributed by atoms with Crippen molar-refractivity contribution in [3.05, 3.63) is 35.8 Å². The zero-order valence-corrected chi connectivity index (χ0v) is 8.04. The molecule has 0 N–H and O–H groups in total. The molecule has 0 saturated carbocycles. The standard InChI is InChI=1S/C11H14O2/c1-11(2)5-3-4-9-6-10(7-11)13-8-12-9/h3-5,7H,6,8H2,1-2H3/b5-3-,9-4+,10-7+. The van der Waals surface area contributed by atoms with Gasteiger partial charge in [0.2, 0.25) is 6.79 Å². The minimum atomic E-state index is 0.0781. The first kappa shape index (κ1) is 8.42. The molecule has 70 valence electrons. The van der Waals surface area contributed by atoms with Crippen LogP contribution in [0.25, 0.3) is 0 Å². The van der Waals surface area contributed by atoms with E-state index in [1.165, 1.54) is 0 Å². The molecule has 1 fully saturated rings. The molecule has 2 aliphatic rings. The highest BCUT2D eigenvalue weighted by molar-refractivity contribution is 5.23. The van der Waals surface area contributed by atoms with Gasteiger partial charge < -0.3 is 9.47 Å². The topological polar surface area (TPSA) is 18.5 Å². The van der Waals surface area contributed by atoms with Crippen LogP contribution < -0.4 is 0 Å². The lowest BCUT2D eigenvalue weighted by Gasteiger charge is -2.25. The lowest BCUT2D eigenvalue weighted by molar-refractivity contribution is -0.0224. The fourth-order valence-electron chi connectivity index (χ4n) is 1.52. The molecule has 0 atom stereocenters. The second-order valence-corrected chi connectivity index (χ2v) is 4.01. The van der Waals surface area contributed by atoms with Crippen LogP contribution in [0.15, 0.2) is 35.8 Å². The second-order valence-electron chi connectivity index (χ2n) is 4.01. The predicted molar refractivity (Wildman–Crippen MR) is 50.7 cm³/mol. The van der Waals surface area contributed by atoms with Gasteiger partial charge >= 0.3 is 0 Å². The van der Waals surface area contributed by atoms with E-state index in [-0.39, 0.29) is 5.41 Å². The average molecular weight is 178 g/mol. The maximum atomic E-state index is 5.38. The summed E-state index contributed by atoms with van der Waals surface area (Å²) in [6.07, 6.45) is 9.14. The van der Waals surface area contributed by atoms with E-state index in [9.17, 15) is 0 Å². The molecule has 0 unspecified atom stereocenters. The van der Waals surface area contributed by atoms with Crippen LogP contribution in [0, 0.1) is 5.41 Å². The molecular weight excluding hydrogens is 164 g/mol. The molecule has 0 aromatic heterocycles. The van der Waals surface area contributed by atoms with Crippen LogP contribution >= 0.6 is 0 Å². The van der Waals surface area contributed by atoms with Crippen LogP contribution in [0.5, 0.6) is 0 Å². The van der Waals surface area contributed by atoms with E-state index in [0.29, 0.717) is 6.79 Å². The highest BCUT2D eigenvalue weighted by atomic mass is 16.7. The van der Waals surface area contributed by atoms with Crippen molar-refractivity contribution in [1.29, 1.82) is 0 Å². The van der Waals surface area contributed by atoms with E-state index < -0.39 is 0 Å². The van der Waals surface area contributed by atoms with Crippen molar-refractivity contribution in [2.45, 2.75) is 20.3 Å². The fourth-order valence-corrected chi connectivity index (χ4v) is 1.52. The van der Waals surface area contributed by atoms with Crippen LogP contribution in [0.1, 0.15) is 20.3 Å². The van der Waals surface area contributed by atoms with Gasteiger partial charge in [-0.2, -0.15) is 0 Å². The highest BCUT2D eigenvalue weighted by Gasteiger charge is 2.19. The Hall–Kier alpha value is -1.18. The van der Waals surface area contributed by atoms with Gasteiger partial charge in [-0.25, -0.2) is 0 Å². The fraction of sp³-hybridized carbons (Fsp3) is 0.455. The Morgan fingerprint density at radius 1 is 1.23 bits per heavy atom. The largest absolute Gasteiger partial charge is 0.462 e. The summed E-state index contributed by atoms with van der Waals surface area (Å²) in [7, 11) is 0. The molecule has 1 aliphatic heterocycles. The molecule has 2 heteroatoms. The van der Waals surface area contributed by atoms with E-state index in [2.05, 4.69) is 26.0 Å². The van der Waals surface area contributed by atoms with Crippen molar-refractivity contribution in [2.75, 3.05) is 6.79 Å². The van der Waals surface area contributed by atoms with Gasteiger partial charge in [-0.3, -0.25) is 0 Å². The van der Waals surface area contributed by atoms with Gasteiger partial charge in [0.25, 0.3) is 0 Å². The first-order chi connectivity index (χ1) is 6.16. The van der Waals surface area contributed by atoms with Crippen molar-refractivity contribution < 1.29 is 9.47 Å². The van der Waals surface area contributed by atoms with E-state index in [4.69, 9.17) is 9.47 Å². The minimum absolute atomic E-state index is 0.0781. The normalized spacial score (nSPS) is 34.9. The number of allylic oxidation sites excluding steroid dienone is 4. The van der Waals surface area contributed by atoms with Crippen LogP contribution in [0.4, 0.5) is 0 Å². The molecule has 2 nitrogen and oxygen atoms in total. The van der Waals surface area contributed by atoms with Gasteiger partial charge in [0.05, 0.1) is 6.42 Å². The van der Waals surface area contributed by atoms with Crippen molar-refractivity contribution in [1.82, 2.24) is 0 Å². The summed E-state index contributed by atoms with van der Waals surface area (Å²) in [5, 5.41) is 0. The van der Waals surface area contributed by atoms with Crippen LogP contribution in [-0.4, -0.2) is 6.79 Å². The van der Waals surface area contributed by atoms with E-state index in [1.807, 2.05) is 12.2 Å². The number of ether oxygens (including phenoxy) is 2. The molecule has 1 saturated heterocycles. The average Bonchev–Trinajstić information content (AvgIpc) is 2.01. The third kappa shape index (κ3) is 1.94. The SMILES string of the molecule is CC1(C)/C=C\C=C2/C/C(=C\1)OCO2.